The maximum atomic E-state index is 12.7. The lowest BCUT2D eigenvalue weighted by Crippen LogP contribution is -2.27. The second kappa shape index (κ2) is 10.1. The van der Waals surface area contributed by atoms with E-state index < -0.39 is 0 Å². The minimum atomic E-state index is 0.0879. The van der Waals surface area contributed by atoms with Gasteiger partial charge in [0, 0.05) is 38.7 Å². The first-order valence-electron chi connectivity index (χ1n) is 10.3. The fourth-order valence-corrected chi connectivity index (χ4v) is 5.16. The highest BCUT2D eigenvalue weighted by molar-refractivity contribution is 7.99. The number of unbranched alkanes of at least 4 members (excludes halogenated alkanes) is 1. The van der Waals surface area contributed by atoms with Crippen molar-refractivity contribution in [1.29, 1.82) is 0 Å². The number of aryl methyl sites for hydroxylation is 2. The van der Waals surface area contributed by atoms with Crippen LogP contribution >= 0.6 is 23.1 Å². The van der Waals surface area contributed by atoms with Gasteiger partial charge in [-0.2, -0.15) is 0 Å². The Kier molecular flexibility index (Phi) is 7.57. The molecule has 0 radical (unpaired) electrons. The Balaban J connectivity index is 1.82. The van der Waals surface area contributed by atoms with Crippen LogP contribution in [0.15, 0.2) is 71.0 Å². The normalized spacial score (nSPS) is 10.8. The smallest absolute Gasteiger partial charge is 0.253 e. The number of nitrogens with zero attached hydrogens (tertiary/aromatic N) is 1. The average molecular weight is 436 g/mol. The molecule has 3 aromatic rings. The molecule has 1 heterocycles. The van der Waals surface area contributed by atoms with Crippen molar-refractivity contribution < 1.29 is 4.79 Å². The summed E-state index contributed by atoms with van der Waals surface area (Å²) < 4.78 is 0. The fourth-order valence-electron chi connectivity index (χ4n) is 3.27. The number of hydrogen-bond acceptors (Lipinski definition) is 3. The zero-order valence-corrected chi connectivity index (χ0v) is 19.8. The maximum Gasteiger partial charge on any atom is 0.253 e. The zero-order chi connectivity index (χ0) is 21.7. The molecular formula is C26H29NOS2. The van der Waals surface area contributed by atoms with Gasteiger partial charge >= 0.3 is 0 Å². The minimum Gasteiger partial charge on any atom is -0.342 e. The van der Waals surface area contributed by atoms with E-state index in [9.17, 15) is 4.79 Å². The second-order valence-electron chi connectivity index (χ2n) is 7.55. The first-order valence-corrected chi connectivity index (χ1v) is 11.9. The van der Waals surface area contributed by atoms with Crippen LogP contribution in [0.5, 0.6) is 0 Å². The van der Waals surface area contributed by atoms with Crippen molar-refractivity contribution in [2.24, 2.45) is 0 Å². The lowest BCUT2D eigenvalue weighted by atomic mass is 10.1. The van der Waals surface area contributed by atoms with E-state index >= 15 is 0 Å². The van der Waals surface area contributed by atoms with Gasteiger partial charge in [0.25, 0.3) is 5.91 Å². The van der Waals surface area contributed by atoms with E-state index in [2.05, 4.69) is 69.8 Å². The zero-order valence-electron chi connectivity index (χ0n) is 18.2. The molecule has 0 spiro atoms. The molecule has 0 N–H and O–H groups in total. The van der Waals surface area contributed by atoms with Crippen LogP contribution in [-0.2, 0) is 0 Å². The molecule has 0 aliphatic rings. The monoisotopic (exact) mass is 435 g/mol. The second-order valence-corrected chi connectivity index (χ2v) is 9.92. The lowest BCUT2D eigenvalue weighted by Gasteiger charge is -2.18. The quantitative estimate of drug-likeness (QED) is 0.366. The molecule has 0 atom stereocenters. The molecule has 0 saturated heterocycles. The van der Waals surface area contributed by atoms with E-state index in [1.54, 1.807) is 23.1 Å². The number of carbonyl (C=O) groups excluding carboxylic acids is 1. The van der Waals surface area contributed by atoms with Crippen molar-refractivity contribution in [1.82, 2.24) is 4.90 Å². The molecule has 0 bridgehead atoms. The Hall–Kier alpha value is -2.30. The SMILES string of the molecule is C=C(c1ccc(C)s1)c1ccccc1Sc1ccc(C(=O)N(C)CCCC)cc1C. The molecule has 1 aromatic heterocycles. The van der Waals surface area contributed by atoms with Crippen molar-refractivity contribution in [3.63, 3.8) is 0 Å². The van der Waals surface area contributed by atoms with E-state index in [1.165, 1.54) is 14.6 Å². The molecule has 0 saturated carbocycles. The molecule has 2 aromatic carbocycles. The first kappa shape index (κ1) is 22.4. The van der Waals surface area contributed by atoms with Crippen molar-refractivity contribution in [2.45, 2.75) is 43.4 Å². The fraction of sp³-hybridized carbons (Fsp3) is 0.269. The predicted octanol–water partition coefficient (Wildman–Crippen LogP) is 7.45. The summed E-state index contributed by atoms with van der Waals surface area (Å²) in [4.78, 5) is 19.3. The molecule has 0 fully saturated rings. The number of benzene rings is 2. The largest absolute Gasteiger partial charge is 0.342 e. The van der Waals surface area contributed by atoms with Crippen molar-refractivity contribution in [2.75, 3.05) is 13.6 Å². The number of rotatable bonds is 8. The summed E-state index contributed by atoms with van der Waals surface area (Å²) >= 11 is 3.50. The van der Waals surface area contributed by atoms with E-state index in [-0.39, 0.29) is 5.91 Å². The van der Waals surface area contributed by atoms with Crippen LogP contribution < -0.4 is 0 Å². The summed E-state index contributed by atoms with van der Waals surface area (Å²) in [5.41, 5.74) is 4.07. The molecule has 0 unspecified atom stereocenters. The molecular weight excluding hydrogens is 406 g/mol. The molecule has 0 aliphatic carbocycles. The Morgan fingerprint density at radius 1 is 1.07 bits per heavy atom. The van der Waals surface area contributed by atoms with Crippen molar-refractivity contribution >= 4 is 34.6 Å². The van der Waals surface area contributed by atoms with Crippen LogP contribution in [0, 0.1) is 13.8 Å². The van der Waals surface area contributed by atoms with Crippen LogP contribution in [0.3, 0.4) is 0 Å². The highest BCUT2D eigenvalue weighted by Gasteiger charge is 2.15. The average Bonchev–Trinajstić information content (AvgIpc) is 3.19. The van der Waals surface area contributed by atoms with Gasteiger partial charge in [-0.3, -0.25) is 4.79 Å². The lowest BCUT2D eigenvalue weighted by molar-refractivity contribution is 0.0793. The van der Waals surface area contributed by atoms with E-state index in [1.807, 2.05) is 24.1 Å². The van der Waals surface area contributed by atoms with Gasteiger partial charge in [0.15, 0.2) is 0 Å². The first-order chi connectivity index (χ1) is 14.4. The van der Waals surface area contributed by atoms with Gasteiger partial charge < -0.3 is 4.90 Å². The third-order valence-corrected chi connectivity index (χ3v) is 7.40. The third-order valence-electron chi connectivity index (χ3n) is 5.09. The van der Waals surface area contributed by atoms with Crippen LogP contribution in [-0.4, -0.2) is 24.4 Å². The summed E-state index contributed by atoms with van der Waals surface area (Å²) in [5, 5.41) is 0. The molecule has 2 nitrogen and oxygen atoms in total. The minimum absolute atomic E-state index is 0.0879. The summed E-state index contributed by atoms with van der Waals surface area (Å²) in [5.74, 6) is 0.0879. The van der Waals surface area contributed by atoms with Gasteiger partial charge in [-0.05, 0) is 73.4 Å². The molecule has 1 amide bonds. The summed E-state index contributed by atoms with van der Waals surface area (Å²) in [6.45, 7) is 11.5. The number of amides is 1. The molecule has 3 rings (SSSR count). The third kappa shape index (κ3) is 5.24. The van der Waals surface area contributed by atoms with Gasteiger partial charge in [-0.25, -0.2) is 0 Å². The summed E-state index contributed by atoms with van der Waals surface area (Å²) in [6.07, 6.45) is 2.11. The van der Waals surface area contributed by atoms with E-state index in [4.69, 9.17) is 0 Å². The Labute approximate surface area is 188 Å². The van der Waals surface area contributed by atoms with Gasteiger partial charge in [-0.1, -0.05) is 49.9 Å². The van der Waals surface area contributed by atoms with Crippen LogP contribution in [0.4, 0.5) is 0 Å². The Bertz CT molecular complexity index is 1050. The van der Waals surface area contributed by atoms with E-state index in [0.717, 1.165) is 46.5 Å². The van der Waals surface area contributed by atoms with Gasteiger partial charge in [0.05, 0.1) is 0 Å². The van der Waals surface area contributed by atoms with Crippen LogP contribution in [0.2, 0.25) is 0 Å². The predicted molar refractivity (Wildman–Crippen MR) is 131 cm³/mol. The van der Waals surface area contributed by atoms with Crippen molar-refractivity contribution in [3.05, 3.63) is 87.6 Å². The van der Waals surface area contributed by atoms with Gasteiger partial charge in [0.1, 0.15) is 0 Å². The molecule has 4 heteroatoms. The maximum absolute atomic E-state index is 12.7. The van der Waals surface area contributed by atoms with Gasteiger partial charge in [-0.15, -0.1) is 11.3 Å². The standard InChI is InChI=1S/C26H29NOS2/c1-6-7-16-27(5)26(28)21-13-15-23(18(2)17-21)30-25-11-9-8-10-22(25)20(4)24-14-12-19(3)29-24/h8-15,17H,4,6-7,16H2,1-3,5H3. The summed E-state index contributed by atoms with van der Waals surface area (Å²) in [7, 11) is 1.88. The number of hydrogen-bond donors (Lipinski definition) is 0. The van der Waals surface area contributed by atoms with Crippen molar-refractivity contribution in [3.8, 4) is 0 Å². The highest BCUT2D eigenvalue weighted by Crippen LogP contribution is 2.38. The Morgan fingerprint density at radius 3 is 2.50 bits per heavy atom. The van der Waals surface area contributed by atoms with Crippen LogP contribution in [0.1, 0.15) is 51.0 Å². The van der Waals surface area contributed by atoms with Gasteiger partial charge in [0.2, 0.25) is 0 Å². The number of carbonyl (C=O) groups is 1. The van der Waals surface area contributed by atoms with Crippen LogP contribution in [0.25, 0.3) is 5.57 Å². The highest BCUT2D eigenvalue weighted by atomic mass is 32.2. The molecule has 0 aliphatic heterocycles. The Morgan fingerprint density at radius 2 is 1.83 bits per heavy atom. The topological polar surface area (TPSA) is 20.3 Å². The summed E-state index contributed by atoms with van der Waals surface area (Å²) in [6, 6.07) is 18.7. The van der Waals surface area contributed by atoms with E-state index in [0.29, 0.717) is 0 Å². The molecule has 156 valence electrons. The molecule has 30 heavy (non-hydrogen) atoms. The number of thiophene rings is 1.